The van der Waals surface area contributed by atoms with E-state index in [9.17, 15) is 15.6 Å². The van der Waals surface area contributed by atoms with Crippen LogP contribution in [0.5, 0.6) is 5.75 Å². The van der Waals surface area contributed by atoms with Crippen molar-refractivity contribution in [1.29, 1.82) is 10.5 Å². The second kappa shape index (κ2) is 9.73. The first-order valence-electron chi connectivity index (χ1n) is 10.3. The Hall–Kier alpha value is -3.53. The van der Waals surface area contributed by atoms with Crippen LogP contribution in [0.4, 0.5) is 5.82 Å². The number of pyridine rings is 1. The average Bonchev–Trinajstić information content (AvgIpc) is 3.33. The number of anilines is 1. The molecule has 3 aromatic rings. The van der Waals surface area contributed by atoms with Crippen molar-refractivity contribution < 1.29 is 9.84 Å². The van der Waals surface area contributed by atoms with Crippen LogP contribution in [0.2, 0.25) is 0 Å². The van der Waals surface area contributed by atoms with Crippen molar-refractivity contribution in [3.8, 4) is 29.0 Å². The van der Waals surface area contributed by atoms with Crippen LogP contribution in [0.3, 0.4) is 0 Å². The number of aromatic amines is 1. The van der Waals surface area contributed by atoms with Gasteiger partial charge >= 0.3 is 0 Å². The number of aliphatic hydroxyl groups excluding tert-OH is 1. The number of nitriles is 2. The molecule has 0 saturated heterocycles. The Bertz CT molecular complexity index is 1170. The molecule has 1 aliphatic rings. The summed E-state index contributed by atoms with van der Waals surface area (Å²) in [6, 6.07) is 11.4. The number of nitrogens with two attached hydrogens (primary N) is 1. The second-order valence-electron chi connectivity index (χ2n) is 7.51. The third-order valence-corrected chi connectivity index (χ3v) is 6.40. The Kier molecular flexibility index (Phi) is 6.60. The molecule has 2 heterocycles. The summed E-state index contributed by atoms with van der Waals surface area (Å²) in [5, 5.41) is 30.2. The normalized spacial score (nSPS) is 18.0. The van der Waals surface area contributed by atoms with Crippen LogP contribution in [-0.2, 0) is 5.75 Å². The van der Waals surface area contributed by atoms with Crippen LogP contribution < -0.4 is 10.5 Å². The number of benzene rings is 1. The summed E-state index contributed by atoms with van der Waals surface area (Å²) < 4.78 is 5.97. The van der Waals surface area contributed by atoms with Crippen LogP contribution in [-0.4, -0.2) is 32.3 Å². The van der Waals surface area contributed by atoms with Gasteiger partial charge in [-0.3, -0.25) is 0 Å². The topological polar surface area (TPSA) is 145 Å². The molecule has 1 aromatic carbocycles. The van der Waals surface area contributed by atoms with Crippen molar-refractivity contribution in [1.82, 2.24) is 15.0 Å². The van der Waals surface area contributed by atoms with Gasteiger partial charge in [0.2, 0.25) is 0 Å². The highest BCUT2D eigenvalue weighted by molar-refractivity contribution is 7.98. The summed E-state index contributed by atoms with van der Waals surface area (Å²) in [6.07, 6.45) is 6.30. The summed E-state index contributed by atoms with van der Waals surface area (Å²) in [7, 11) is 0. The highest BCUT2D eigenvalue weighted by atomic mass is 32.2. The predicted molar refractivity (Wildman–Crippen MR) is 121 cm³/mol. The lowest BCUT2D eigenvalue weighted by Gasteiger charge is -2.28. The van der Waals surface area contributed by atoms with Gasteiger partial charge in [0.05, 0.1) is 17.4 Å². The first kappa shape index (κ1) is 21.7. The maximum absolute atomic E-state index is 10.2. The van der Waals surface area contributed by atoms with Gasteiger partial charge in [-0.2, -0.15) is 10.5 Å². The number of nitrogen functional groups attached to an aromatic ring is 1. The van der Waals surface area contributed by atoms with E-state index < -0.39 is 6.10 Å². The molecule has 1 aliphatic carbocycles. The lowest BCUT2D eigenvalue weighted by Crippen LogP contribution is -2.34. The second-order valence-corrected chi connectivity index (χ2v) is 8.47. The van der Waals surface area contributed by atoms with Gasteiger partial charge in [-0.25, -0.2) is 9.97 Å². The first-order valence-corrected chi connectivity index (χ1v) is 11.3. The fourth-order valence-electron chi connectivity index (χ4n) is 3.79. The summed E-state index contributed by atoms with van der Waals surface area (Å²) >= 11 is 1.33. The van der Waals surface area contributed by atoms with E-state index in [1.807, 2.05) is 0 Å². The number of hydrogen-bond acceptors (Lipinski definition) is 8. The first-order chi connectivity index (χ1) is 15.6. The monoisotopic (exact) mass is 446 g/mol. The summed E-state index contributed by atoms with van der Waals surface area (Å²) in [6.45, 7) is 0. The molecule has 9 heteroatoms. The Labute approximate surface area is 190 Å². The molecule has 1 fully saturated rings. The minimum atomic E-state index is -0.465. The molecule has 1 saturated carbocycles. The molecule has 0 amide bonds. The van der Waals surface area contributed by atoms with Crippen molar-refractivity contribution >= 4 is 17.6 Å². The van der Waals surface area contributed by atoms with Gasteiger partial charge in [0.1, 0.15) is 46.2 Å². The summed E-state index contributed by atoms with van der Waals surface area (Å²) in [5.74, 6) is 1.94. The van der Waals surface area contributed by atoms with Gasteiger partial charge in [0.25, 0.3) is 0 Å². The van der Waals surface area contributed by atoms with Crippen LogP contribution >= 0.6 is 11.8 Å². The van der Waals surface area contributed by atoms with Crippen molar-refractivity contribution in [3.63, 3.8) is 0 Å². The summed E-state index contributed by atoms with van der Waals surface area (Å²) in [5.41, 5.74) is 7.66. The van der Waals surface area contributed by atoms with E-state index in [4.69, 9.17) is 10.5 Å². The SMILES string of the molecule is N#Cc1c(N)nc(SCc2ncc[nH]2)c(C#N)c1-c1ccc(O[C@H]2CCCC[C@@H]2O)cc1. The number of aromatic nitrogens is 3. The lowest BCUT2D eigenvalue weighted by atomic mass is 9.94. The van der Waals surface area contributed by atoms with E-state index in [0.717, 1.165) is 31.5 Å². The number of imidazole rings is 1. The molecule has 0 radical (unpaired) electrons. The number of H-pyrrole nitrogens is 1. The van der Waals surface area contributed by atoms with E-state index in [2.05, 4.69) is 27.1 Å². The zero-order valence-corrected chi connectivity index (χ0v) is 18.1. The third kappa shape index (κ3) is 4.54. The lowest BCUT2D eigenvalue weighted by molar-refractivity contribution is 0.00688. The van der Waals surface area contributed by atoms with Crippen LogP contribution in [0.1, 0.15) is 42.6 Å². The van der Waals surface area contributed by atoms with E-state index in [1.54, 1.807) is 36.7 Å². The van der Waals surface area contributed by atoms with Crippen molar-refractivity contribution in [2.24, 2.45) is 0 Å². The minimum Gasteiger partial charge on any atom is -0.488 e. The molecule has 162 valence electrons. The number of thioether (sulfide) groups is 1. The van der Waals surface area contributed by atoms with Gasteiger partial charge in [0, 0.05) is 18.0 Å². The minimum absolute atomic E-state index is 0.0779. The Morgan fingerprint density at radius 3 is 2.56 bits per heavy atom. The van der Waals surface area contributed by atoms with Gasteiger partial charge in [-0.05, 0) is 37.0 Å². The molecule has 32 heavy (non-hydrogen) atoms. The standard InChI is InChI=1S/C23H22N6O2S/c24-11-16-21(14-5-7-15(8-6-14)31-19-4-2-1-3-18(19)30)17(12-25)23(29-22(16)26)32-13-20-27-9-10-28-20/h5-10,18-19,30H,1-4,13H2,(H2,26,29)(H,27,28)/t18-,19-/m0/s1. The number of aliphatic hydroxyl groups is 1. The maximum Gasteiger partial charge on any atom is 0.143 e. The highest BCUT2D eigenvalue weighted by Gasteiger charge is 2.25. The molecular weight excluding hydrogens is 424 g/mol. The number of nitrogens with one attached hydrogen (secondary N) is 1. The maximum atomic E-state index is 10.2. The fraction of sp³-hybridized carbons (Fsp3) is 0.304. The van der Waals surface area contributed by atoms with Crippen molar-refractivity contribution in [2.45, 2.75) is 48.7 Å². The zero-order chi connectivity index (χ0) is 22.5. The number of rotatable bonds is 6. The zero-order valence-electron chi connectivity index (χ0n) is 17.3. The van der Waals surface area contributed by atoms with Gasteiger partial charge in [-0.15, -0.1) is 0 Å². The smallest absolute Gasteiger partial charge is 0.143 e. The molecular formula is C23H22N6O2S. The molecule has 0 bridgehead atoms. The molecule has 2 aromatic heterocycles. The average molecular weight is 447 g/mol. The largest absolute Gasteiger partial charge is 0.488 e. The van der Waals surface area contributed by atoms with Crippen molar-refractivity contribution in [3.05, 3.63) is 53.6 Å². The molecule has 0 spiro atoms. The van der Waals surface area contributed by atoms with Crippen LogP contribution in [0, 0.1) is 22.7 Å². The predicted octanol–water partition coefficient (Wildman–Crippen LogP) is 3.77. The van der Waals surface area contributed by atoms with Gasteiger partial charge < -0.3 is 20.6 Å². The molecule has 4 N–H and O–H groups in total. The summed E-state index contributed by atoms with van der Waals surface area (Å²) in [4.78, 5) is 11.5. The molecule has 2 atom stereocenters. The Balaban J connectivity index is 1.65. The Morgan fingerprint density at radius 2 is 1.91 bits per heavy atom. The Morgan fingerprint density at radius 1 is 1.16 bits per heavy atom. The van der Waals surface area contributed by atoms with Gasteiger partial charge in [-0.1, -0.05) is 30.3 Å². The quantitative estimate of drug-likeness (QED) is 0.485. The molecule has 4 rings (SSSR count). The van der Waals surface area contributed by atoms with E-state index in [1.165, 1.54) is 11.8 Å². The van der Waals surface area contributed by atoms with E-state index >= 15 is 0 Å². The molecule has 8 nitrogen and oxygen atoms in total. The third-order valence-electron chi connectivity index (χ3n) is 5.41. The number of nitrogens with zero attached hydrogens (tertiary/aromatic N) is 4. The van der Waals surface area contributed by atoms with Gasteiger partial charge in [0.15, 0.2) is 0 Å². The number of ether oxygens (including phenoxy) is 1. The van der Waals surface area contributed by atoms with Crippen molar-refractivity contribution in [2.75, 3.05) is 5.73 Å². The van der Waals surface area contributed by atoms with E-state index in [0.29, 0.717) is 33.2 Å². The molecule has 0 unspecified atom stereocenters. The highest BCUT2D eigenvalue weighted by Crippen LogP contribution is 2.37. The van der Waals surface area contributed by atoms with Crippen LogP contribution in [0.15, 0.2) is 41.7 Å². The van der Waals surface area contributed by atoms with Crippen LogP contribution in [0.25, 0.3) is 11.1 Å². The molecule has 0 aliphatic heterocycles. The fourth-order valence-corrected chi connectivity index (χ4v) is 4.68. The number of hydrogen-bond donors (Lipinski definition) is 3. The van der Waals surface area contributed by atoms with E-state index in [-0.39, 0.29) is 17.5 Å².